The average molecular weight is 322 g/mol. The number of aromatic nitrogens is 1. The average Bonchev–Trinajstić information content (AvgIpc) is 2.33. The number of anilines is 2. The predicted molar refractivity (Wildman–Crippen MR) is 76.8 cm³/mol. The molecule has 0 fully saturated rings. The number of pyridine rings is 1. The van der Waals surface area contributed by atoms with Crippen molar-refractivity contribution < 1.29 is 9.90 Å². The van der Waals surface area contributed by atoms with Crippen molar-refractivity contribution in [1.82, 2.24) is 4.98 Å². The third-order valence-electron chi connectivity index (χ3n) is 2.40. The van der Waals surface area contributed by atoms with Gasteiger partial charge in [-0.25, -0.2) is 4.98 Å². The van der Waals surface area contributed by atoms with Crippen LogP contribution in [-0.4, -0.2) is 16.0 Å². The molecular formula is C13H12BrN3O2. The second kappa shape index (κ2) is 5.71. The van der Waals surface area contributed by atoms with Crippen LogP contribution in [0.15, 0.2) is 41.0 Å². The molecule has 0 saturated carbocycles. The highest BCUT2D eigenvalue weighted by molar-refractivity contribution is 9.10. The first-order valence-corrected chi connectivity index (χ1v) is 6.32. The van der Waals surface area contributed by atoms with Crippen LogP contribution in [0.3, 0.4) is 0 Å². The van der Waals surface area contributed by atoms with Crippen molar-refractivity contribution in [1.29, 1.82) is 0 Å². The molecule has 4 N–H and O–H groups in total. The van der Waals surface area contributed by atoms with Gasteiger partial charge in [-0.3, -0.25) is 4.79 Å². The lowest BCUT2D eigenvalue weighted by atomic mass is 10.1. The smallest absolute Gasteiger partial charge is 0.229 e. The number of amides is 1. The third kappa shape index (κ3) is 3.69. The Labute approximate surface area is 118 Å². The first-order valence-electron chi connectivity index (χ1n) is 5.53. The summed E-state index contributed by atoms with van der Waals surface area (Å²) >= 11 is 3.28. The lowest BCUT2D eigenvalue weighted by molar-refractivity contribution is -0.115. The number of aromatic hydroxyl groups is 1. The number of hydrogen-bond acceptors (Lipinski definition) is 4. The molecule has 1 amide bonds. The minimum Gasteiger partial charge on any atom is -0.508 e. The predicted octanol–water partition coefficient (Wildman–Crippen LogP) is 2.31. The number of phenols is 1. The highest BCUT2D eigenvalue weighted by atomic mass is 79.9. The van der Waals surface area contributed by atoms with Gasteiger partial charge in [0.05, 0.1) is 22.8 Å². The van der Waals surface area contributed by atoms with Crippen LogP contribution in [0.1, 0.15) is 5.56 Å². The minimum absolute atomic E-state index is 0.136. The number of nitrogens with one attached hydrogen (secondary N) is 1. The summed E-state index contributed by atoms with van der Waals surface area (Å²) in [5.74, 6) is 0.333. The Balaban J connectivity index is 2.05. The Morgan fingerprint density at radius 2 is 2.21 bits per heavy atom. The van der Waals surface area contributed by atoms with Gasteiger partial charge < -0.3 is 16.2 Å². The standard InChI is InChI=1S/C13H12BrN3O2/c14-11-6-9(15)7-16-13(11)17-12(19)5-8-2-1-3-10(18)4-8/h1-4,6-7,18H,5,15H2,(H,16,17,19). The molecule has 0 unspecified atom stereocenters. The van der Waals surface area contributed by atoms with E-state index in [0.717, 1.165) is 5.56 Å². The van der Waals surface area contributed by atoms with Gasteiger partial charge in [0.25, 0.3) is 0 Å². The number of halogens is 1. The van der Waals surface area contributed by atoms with Crippen molar-refractivity contribution >= 4 is 33.3 Å². The number of benzene rings is 1. The van der Waals surface area contributed by atoms with Gasteiger partial charge in [0, 0.05) is 0 Å². The molecule has 0 atom stereocenters. The zero-order valence-electron chi connectivity index (χ0n) is 9.93. The molecule has 98 valence electrons. The minimum atomic E-state index is -0.219. The van der Waals surface area contributed by atoms with Gasteiger partial charge in [0.15, 0.2) is 0 Å². The molecule has 5 nitrogen and oxygen atoms in total. The van der Waals surface area contributed by atoms with Crippen LogP contribution in [0.25, 0.3) is 0 Å². The van der Waals surface area contributed by atoms with Crippen LogP contribution < -0.4 is 11.1 Å². The Morgan fingerprint density at radius 1 is 1.42 bits per heavy atom. The maximum Gasteiger partial charge on any atom is 0.229 e. The van der Waals surface area contributed by atoms with Crippen LogP contribution in [0.2, 0.25) is 0 Å². The van der Waals surface area contributed by atoms with Crippen molar-refractivity contribution in [3.05, 3.63) is 46.6 Å². The van der Waals surface area contributed by atoms with Gasteiger partial charge in [-0.15, -0.1) is 0 Å². The van der Waals surface area contributed by atoms with Gasteiger partial charge in [-0.2, -0.15) is 0 Å². The quantitative estimate of drug-likeness (QED) is 0.809. The SMILES string of the molecule is Nc1cnc(NC(=O)Cc2cccc(O)c2)c(Br)c1. The Kier molecular flexibility index (Phi) is 4.01. The zero-order chi connectivity index (χ0) is 13.8. The van der Waals surface area contributed by atoms with E-state index >= 15 is 0 Å². The monoisotopic (exact) mass is 321 g/mol. The van der Waals surface area contributed by atoms with E-state index in [9.17, 15) is 9.90 Å². The summed E-state index contributed by atoms with van der Waals surface area (Å²) in [6.45, 7) is 0. The lowest BCUT2D eigenvalue weighted by Gasteiger charge is -2.07. The fourth-order valence-corrected chi connectivity index (χ4v) is 2.04. The van der Waals surface area contributed by atoms with Crippen molar-refractivity contribution in [2.75, 3.05) is 11.1 Å². The van der Waals surface area contributed by atoms with Crippen LogP contribution in [0, 0.1) is 0 Å². The number of carbonyl (C=O) groups is 1. The summed E-state index contributed by atoms with van der Waals surface area (Å²) in [6.07, 6.45) is 1.63. The molecule has 0 aliphatic heterocycles. The van der Waals surface area contributed by atoms with Gasteiger partial charge in [-0.05, 0) is 39.7 Å². The molecular weight excluding hydrogens is 310 g/mol. The summed E-state index contributed by atoms with van der Waals surface area (Å²) in [4.78, 5) is 15.9. The molecule has 1 aromatic heterocycles. The molecule has 1 heterocycles. The number of nitrogen functional groups attached to an aromatic ring is 1. The number of nitrogens with zero attached hydrogens (tertiary/aromatic N) is 1. The fourth-order valence-electron chi connectivity index (χ4n) is 1.57. The van der Waals surface area contributed by atoms with Gasteiger partial charge in [0.1, 0.15) is 11.6 Å². The van der Waals surface area contributed by atoms with Crippen molar-refractivity contribution in [3.63, 3.8) is 0 Å². The van der Waals surface area contributed by atoms with Gasteiger partial charge in [-0.1, -0.05) is 12.1 Å². The maximum absolute atomic E-state index is 11.8. The summed E-state index contributed by atoms with van der Waals surface area (Å²) in [5, 5.41) is 12.0. The Hall–Kier alpha value is -2.08. The summed E-state index contributed by atoms with van der Waals surface area (Å²) in [6, 6.07) is 8.22. The molecule has 19 heavy (non-hydrogen) atoms. The largest absolute Gasteiger partial charge is 0.508 e. The Morgan fingerprint density at radius 3 is 2.89 bits per heavy atom. The van der Waals surface area contributed by atoms with E-state index in [-0.39, 0.29) is 18.1 Å². The third-order valence-corrected chi connectivity index (χ3v) is 3.00. The number of hydrogen-bond donors (Lipinski definition) is 3. The van der Waals surface area contributed by atoms with E-state index < -0.39 is 0 Å². The molecule has 0 bridgehead atoms. The summed E-state index contributed by atoms with van der Waals surface area (Å²) in [7, 11) is 0. The second-order valence-corrected chi connectivity index (χ2v) is 4.85. The van der Waals surface area contributed by atoms with Crippen LogP contribution in [0.4, 0.5) is 11.5 Å². The van der Waals surface area contributed by atoms with E-state index in [1.54, 1.807) is 30.3 Å². The van der Waals surface area contributed by atoms with E-state index in [4.69, 9.17) is 5.73 Å². The van der Waals surface area contributed by atoms with Crippen LogP contribution in [-0.2, 0) is 11.2 Å². The lowest BCUT2D eigenvalue weighted by Crippen LogP contribution is -2.15. The highest BCUT2D eigenvalue weighted by Gasteiger charge is 2.08. The Bertz CT molecular complexity index is 617. The van der Waals surface area contributed by atoms with Crippen molar-refractivity contribution in [2.45, 2.75) is 6.42 Å². The number of nitrogens with two attached hydrogens (primary N) is 1. The number of carbonyl (C=O) groups excluding carboxylic acids is 1. The zero-order valence-corrected chi connectivity index (χ0v) is 11.5. The molecule has 0 radical (unpaired) electrons. The summed E-state index contributed by atoms with van der Waals surface area (Å²) < 4.78 is 0.622. The molecule has 0 aliphatic rings. The van der Waals surface area contributed by atoms with E-state index in [0.29, 0.717) is 16.0 Å². The molecule has 0 spiro atoms. The maximum atomic E-state index is 11.8. The number of phenolic OH excluding ortho intramolecular Hbond substituents is 1. The molecule has 6 heteroatoms. The van der Waals surface area contributed by atoms with Crippen molar-refractivity contribution in [2.24, 2.45) is 0 Å². The molecule has 0 saturated heterocycles. The van der Waals surface area contributed by atoms with Crippen LogP contribution >= 0.6 is 15.9 Å². The first kappa shape index (κ1) is 13.4. The molecule has 2 aromatic rings. The number of rotatable bonds is 3. The summed E-state index contributed by atoms with van der Waals surface area (Å²) in [5.41, 5.74) is 6.80. The van der Waals surface area contributed by atoms with Gasteiger partial charge >= 0.3 is 0 Å². The van der Waals surface area contributed by atoms with E-state index in [1.165, 1.54) is 6.20 Å². The second-order valence-electron chi connectivity index (χ2n) is 3.99. The molecule has 0 aliphatic carbocycles. The van der Waals surface area contributed by atoms with E-state index in [1.807, 2.05) is 0 Å². The van der Waals surface area contributed by atoms with Crippen LogP contribution in [0.5, 0.6) is 5.75 Å². The molecule has 1 aromatic carbocycles. The van der Waals surface area contributed by atoms with E-state index in [2.05, 4.69) is 26.2 Å². The highest BCUT2D eigenvalue weighted by Crippen LogP contribution is 2.22. The van der Waals surface area contributed by atoms with Gasteiger partial charge in [0.2, 0.25) is 5.91 Å². The topological polar surface area (TPSA) is 88.2 Å². The normalized spacial score (nSPS) is 10.2. The van der Waals surface area contributed by atoms with Crippen molar-refractivity contribution in [3.8, 4) is 5.75 Å². The fraction of sp³-hybridized carbons (Fsp3) is 0.0769. The first-order chi connectivity index (χ1) is 9.04. The molecule has 2 rings (SSSR count).